The first-order chi connectivity index (χ1) is 14.5. The van der Waals surface area contributed by atoms with Crippen LogP contribution in [0.4, 0.5) is 5.69 Å². The van der Waals surface area contributed by atoms with E-state index in [0.29, 0.717) is 48.6 Å². The van der Waals surface area contributed by atoms with Crippen molar-refractivity contribution in [1.29, 1.82) is 0 Å². The number of fused-ring (bicyclic) bond motifs is 1. The van der Waals surface area contributed by atoms with Crippen LogP contribution in [0.15, 0.2) is 36.4 Å². The molecule has 0 saturated carbocycles. The summed E-state index contributed by atoms with van der Waals surface area (Å²) in [6.07, 6.45) is 0.969. The van der Waals surface area contributed by atoms with E-state index in [4.69, 9.17) is 25.8 Å². The first-order valence-corrected chi connectivity index (χ1v) is 10.2. The maximum atomic E-state index is 12.7. The molecule has 7 nitrogen and oxygen atoms in total. The Labute approximate surface area is 179 Å². The maximum absolute atomic E-state index is 12.7. The Kier molecular flexibility index (Phi) is 5.99. The Balaban J connectivity index is 1.38. The Bertz CT molecular complexity index is 947. The second-order valence-electron chi connectivity index (χ2n) is 7.28. The molecule has 2 aromatic carbocycles. The Morgan fingerprint density at radius 3 is 2.77 bits per heavy atom. The normalized spacial score (nSPS) is 18.1. The molecule has 0 radical (unpaired) electrons. The predicted octanol–water partition coefficient (Wildman–Crippen LogP) is 3.18. The molecule has 30 heavy (non-hydrogen) atoms. The summed E-state index contributed by atoms with van der Waals surface area (Å²) in [5.41, 5.74) is 1.57. The highest BCUT2D eigenvalue weighted by Gasteiger charge is 2.35. The molecular formula is C22H23ClN2O5. The van der Waals surface area contributed by atoms with Gasteiger partial charge >= 0.3 is 0 Å². The van der Waals surface area contributed by atoms with Crippen molar-refractivity contribution in [3.8, 4) is 17.2 Å². The van der Waals surface area contributed by atoms with Crippen molar-refractivity contribution in [2.24, 2.45) is 5.92 Å². The zero-order chi connectivity index (χ0) is 21.1. The van der Waals surface area contributed by atoms with Crippen LogP contribution in [0.25, 0.3) is 0 Å². The van der Waals surface area contributed by atoms with Gasteiger partial charge in [-0.3, -0.25) is 9.59 Å². The fourth-order valence-electron chi connectivity index (χ4n) is 3.61. The van der Waals surface area contributed by atoms with E-state index < -0.39 is 5.92 Å². The minimum Gasteiger partial charge on any atom is -0.497 e. The quantitative estimate of drug-likeness (QED) is 0.788. The number of carbonyl (C=O) groups excluding carboxylic acids is 2. The van der Waals surface area contributed by atoms with Crippen LogP contribution >= 0.6 is 11.6 Å². The van der Waals surface area contributed by atoms with Gasteiger partial charge in [-0.05, 0) is 42.0 Å². The maximum Gasteiger partial charge on any atom is 0.227 e. The number of rotatable bonds is 5. The second-order valence-corrected chi connectivity index (χ2v) is 7.68. The monoisotopic (exact) mass is 430 g/mol. The highest BCUT2D eigenvalue weighted by atomic mass is 35.5. The van der Waals surface area contributed by atoms with Gasteiger partial charge in [0.1, 0.15) is 5.75 Å². The summed E-state index contributed by atoms with van der Waals surface area (Å²) in [7, 11) is 1.59. The van der Waals surface area contributed by atoms with Crippen molar-refractivity contribution in [1.82, 2.24) is 5.32 Å². The van der Waals surface area contributed by atoms with Crippen LogP contribution in [-0.2, 0) is 16.1 Å². The molecule has 2 heterocycles. The van der Waals surface area contributed by atoms with E-state index in [-0.39, 0.29) is 18.2 Å². The molecule has 1 N–H and O–H groups in total. The largest absolute Gasteiger partial charge is 0.497 e. The summed E-state index contributed by atoms with van der Waals surface area (Å²) in [5, 5.41) is 3.37. The van der Waals surface area contributed by atoms with Crippen molar-refractivity contribution < 1.29 is 23.8 Å². The van der Waals surface area contributed by atoms with E-state index in [1.807, 2.05) is 18.2 Å². The number of ether oxygens (including phenoxy) is 3. The second kappa shape index (κ2) is 8.83. The average Bonchev–Trinajstić information content (AvgIpc) is 2.98. The van der Waals surface area contributed by atoms with Gasteiger partial charge in [-0.1, -0.05) is 11.6 Å². The van der Waals surface area contributed by atoms with Crippen LogP contribution < -0.4 is 24.4 Å². The number of halogens is 1. The van der Waals surface area contributed by atoms with Gasteiger partial charge in [0, 0.05) is 31.6 Å². The number of hydrogen-bond donors (Lipinski definition) is 1. The first kappa shape index (κ1) is 20.3. The van der Waals surface area contributed by atoms with Gasteiger partial charge in [0.15, 0.2) is 11.5 Å². The third-order valence-electron chi connectivity index (χ3n) is 5.21. The zero-order valence-electron chi connectivity index (χ0n) is 16.7. The molecule has 8 heteroatoms. The van der Waals surface area contributed by atoms with Crippen LogP contribution in [0.1, 0.15) is 18.4 Å². The third kappa shape index (κ3) is 4.31. The van der Waals surface area contributed by atoms with Gasteiger partial charge < -0.3 is 24.4 Å². The standard InChI is InChI=1S/C22H23ClN2O5/c1-28-17-5-3-16(4-6-17)25-13-15(11-20(25)26)22(27)24-12-14-9-18(23)21-19(10-14)29-7-2-8-30-21/h3-6,9-10,15H,2,7-8,11-13H2,1H3,(H,24,27). The number of anilines is 1. The molecule has 2 aliphatic heterocycles. The van der Waals surface area contributed by atoms with E-state index in [1.54, 1.807) is 30.2 Å². The molecule has 158 valence electrons. The van der Waals surface area contributed by atoms with Gasteiger partial charge in [-0.25, -0.2) is 0 Å². The van der Waals surface area contributed by atoms with E-state index in [9.17, 15) is 9.59 Å². The fraction of sp³-hybridized carbons (Fsp3) is 0.364. The molecule has 1 unspecified atom stereocenters. The average molecular weight is 431 g/mol. The molecule has 2 amide bonds. The number of benzene rings is 2. The lowest BCUT2D eigenvalue weighted by atomic mass is 10.1. The van der Waals surface area contributed by atoms with Crippen LogP contribution in [0.5, 0.6) is 17.2 Å². The highest BCUT2D eigenvalue weighted by molar-refractivity contribution is 6.32. The fourth-order valence-corrected chi connectivity index (χ4v) is 3.90. The minimum absolute atomic E-state index is 0.0704. The topological polar surface area (TPSA) is 77.1 Å². The van der Waals surface area contributed by atoms with Crippen LogP contribution in [0, 0.1) is 5.92 Å². The summed E-state index contributed by atoms with van der Waals surface area (Å²) < 4.78 is 16.5. The summed E-state index contributed by atoms with van der Waals surface area (Å²) in [6, 6.07) is 10.8. The molecule has 2 aromatic rings. The first-order valence-electron chi connectivity index (χ1n) is 9.85. The lowest BCUT2D eigenvalue weighted by Crippen LogP contribution is -2.32. The van der Waals surface area contributed by atoms with Gasteiger partial charge in [0.05, 0.1) is 31.3 Å². The molecule has 0 aliphatic carbocycles. The predicted molar refractivity (Wildman–Crippen MR) is 112 cm³/mol. The molecule has 1 atom stereocenters. The van der Waals surface area contributed by atoms with Crippen molar-refractivity contribution >= 4 is 29.1 Å². The molecule has 2 aliphatic rings. The zero-order valence-corrected chi connectivity index (χ0v) is 17.4. The summed E-state index contributed by atoms with van der Waals surface area (Å²) >= 11 is 6.31. The summed E-state index contributed by atoms with van der Waals surface area (Å²) in [5.74, 6) is 1.21. The molecular weight excluding hydrogens is 408 g/mol. The molecule has 0 aromatic heterocycles. The third-order valence-corrected chi connectivity index (χ3v) is 5.49. The van der Waals surface area contributed by atoms with Gasteiger partial charge in [0.2, 0.25) is 11.8 Å². The minimum atomic E-state index is -0.407. The van der Waals surface area contributed by atoms with Crippen LogP contribution in [-0.4, -0.2) is 38.7 Å². The number of methoxy groups -OCH3 is 1. The molecule has 1 fully saturated rings. The highest BCUT2D eigenvalue weighted by Crippen LogP contribution is 2.38. The van der Waals surface area contributed by atoms with Crippen LogP contribution in [0.3, 0.4) is 0 Å². The van der Waals surface area contributed by atoms with E-state index in [0.717, 1.165) is 17.7 Å². The lowest BCUT2D eigenvalue weighted by molar-refractivity contribution is -0.126. The van der Waals surface area contributed by atoms with E-state index >= 15 is 0 Å². The SMILES string of the molecule is COc1ccc(N2CC(C(=O)NCc3cc(Cl)c4c(c3)OCCCO4)CC2=O)cc1. The number of nitrogens with one attached hydrogen (secondary N) is 1. The number of nitrogens with zero attached hydrogens (tertiary/aromatic N) is 1. The lowest BCUT2D eigenvalue weighted by Gasteiger charge is -2.17. The Morgan fingerprint density at radius 2 is 2.00 bits per heavy atom. The number of hydrogen-bond acceptors (Lipinski definition) is 5. The number of carbonyl (C=O) groups is 2. The van der Waals surface area contributed by atoms with E-state index in [1.165, 1.54) is 0 Å². The van der Waals surface area contributed by atoms with Crippen molar-refractivity contribution in [2.75, 3.05) is 31.8 Å². The summed E-state index contributed by atoms with van der Waals surface area (Å²) in [6.45, 7) is 1.76. The number of amides is 2. The molecule has 0 bridgehead atoms. The van der Waals surface area contributed by atoms with Crippen LogP contribution in [0.2, 0.25) is 5.02 Å². The molecule has 4 rings (SSSR count). The smallest absolute Gasteiger partial charge is 0.227 e. The molecule has 1 saturated heterocycles. The molecule has 0 spiro atoms. The van der Waals surface area contributed by atoms with Crippen molar-refractivity contribution in [3.05, 3.63) is 47.0 Å². The van der Waals surface area contributed by atoms with Gasteiger partial charge in [-0.15, -0.1) is 0 Å². The van der Waals surface area contributed by atoms with Crippen molar-refractivity contribution in [2.45, 2.75) is 19.4 Å². The van der Waals surface area contributed by atoms with Gasteiger partial charge in [0.25, 0.3) is 0 Å². The Hall–Kier alpha value is -2.93. The van der Waals surface area contributed by atoms with Crippen molar-refractivity contribution in [3.63, 3.8) is 0 Å². The van der Waals surface area contributed by atoms with Gasteiger partial charge in [-0.2, -0.15) is 0 Å². The summed E-state index contributed by atoms with van der Waals surface area (Å²) in [4.78, 5) is 26.7. The Morgan fingerprint density at radius 1 is 1.23 bits per heavy atom. The van der Waals surface area contributed by atoms with E-state index in [2.05, 4.69) is 5.32 Å².